The largest absolute Gasteiger partial charge is 0.479 e. The van der Waals surface area contributed by atoms with E-state index >= 15 is 0 Å². The summed E-state index contributed by atoms with van der Waals surface area (Å²) in [5.74, 6) is -0.437. The molecule has 4 nitrogen and oxygen atoms in total. The van der Waals surface area contributed by atoms with E-state index in [1.807, 2.05) is 24.3 Å². The lowest BCUT2D eigenvalue weighted by molar-refractivity contribution is -0.152. The third-order valence-electron chi connectivity index (χ3n) is 3.13. The van der Waals surface area contributed by atoms with Crippen LogP contribution < -0.4 is 4.74 Å². The zero-order chi connectivity index (χ0) is 16.2. The van der Waals surface area contributed by atoms with Gasteiger partial charge in [-0.05, 0) is 43.3 Å². The van der Waals surface area contributed by atoms with Crippen LogP contribution in [0.2, 0.25) is 0 Å². The smallest absolute Gasteiger partial charge is 0.347 e. The average Bonchev–Trinajstić information content (AvgIpc) is 2.97. The molecule has 0 bridgehead atoms. The minimum atomic E-state index is -0.783. The van der Waals surface area contributed by atoms with E-state index in [0.29, 0.717) is 5.75 Å². The Bertz CT molecular complexity index is 783. The average molecular weight is 331 g/mol. The molecule has 1 atom stereocenters. The second-order valence-corrected chi connectivity index (χ2v) is 6.01. The Morgan fingerprint density at radius 1 is 1.22 bits per heavy atom. The van der Waals surface area contributed by atoms with Gasteiger partial charge >= 0.3 is 5.97 Å². The predicted octanol–water partition coefficient (Wildman–Crippen LogP) is 3.95. The molecule has 0 aliphatic heterocycles. The number of hydrogen-bond donors (Lipinski definition) is 0. The first-order chi connectivity index (χ1) is 11.1. The van der Waals surface area contributed by atoms with E-state index in [9.17, 15) is 9.18 Å². The molecular weight excluding hydrogens is 317 g/mol. The summed E-state index contributed by atoms with van der Waals surface area (Å²) < 4.78 is 24.5. The summed E-state index contributed by atoms with van der Waals surface area (Å²) in [6.07, 6.45) is -0.783. The Hall–Kier alpha value is -2.47. The van der Waals surface area contributed by atoms with Gasteiger partial charge < -0.3 is 9.47 Å². The lowest BCUT2D eigenvalue weighted by Crippen LogP contribution is -2.26. The molecule has 23 heavy (non-hydrogen) atoms. The third kappa shape index (κ3) is 3.84. The summed E-state index contributed by atoms with van der Waals surface area (Å²) in [6.45, 7) is 1.69. The van der Waals surface area contributed by atoms with Crippen molar-refractivity contribution in [3.63, 3.8) is 0 Å². The number of nitrogens with zero attached hydrogens (tertiary/aromatic N) is 1. The van der Waals surface area contributed by atoms with E-state index in [-0.39, 0.29) is 12.4 Å². The van der Waals surface area contributed by atoms with Gasteiger partial charge in [-0.1, -0.05) is 12.1 Å². The van der Waals surface area contributed by atoms with E-state index in [2.05, 4.69) is 4.98 Å². The van der Waals surface area contributed by atoms with E-state index < -0.39 is 12.1 Å². The number of fused-ring (bicyclic) bond motifs is 1. The fraction of sp³-hybridized carbons (Fsp3) is 0.176. The Kier molecular flexibility index (Phi) is 4.52. The highest BCUT2D eigenvalue weighted by atomic mass is 32.1. The molecule has 0 fully saturated rings. The highest BCUT2D eigenvalue weighted by molar-refractivity contribution is 7.18. The van der Waals surface area contributed by atoms with Crippen molar-refractivity contribution in [3.05, 3.63) is 59.4 Å². The van der Waals surface area contributed by atoms with Crippen LogP contribution >= 0.6 is 11.3 Å². The van der Waals surface area contributed by atoms with Crippen molar-refractivity contribution >= 4 is 27.5 Å². The molecule has 6 heteroatoms. The van der Waals surface area contributed by atoms with Crippen LogP contribution in [0.25, 0.3) is 10.2 Å². The Labute approximate surface area is 136 Å². The Morgan fingerprint density at radius 3 is 2.70 bits per heavy atom. The summed E-state index contributed by atoms with van der Waals surface area (Å²) in [5, 5.41) is 0.730. The molecule has 2 aromatic carbocycles. The van der Waals surface area contributed by atoms with E-state index in [4.69, 9.17) is 9.47 Å². The van der Waals surface area contributed by atoms with Crippen molar-refractivity contribution in [1.29, 1.82) is 0 Å². The lowest BCUT2D eigenvalue weighted by atomic mass is 10.3. The normalized spacial score (nSPS) is 12.1. The molecule has 1 aromatic heterocycles. The second-order valence-electron chi connectivity index (χ2n) is 4.90. The van der Waals surface area contributed by atoms with Crippen molar-refractivity contribution in [2.24, 2.45) is 0 Å². The quantitative estimate of drug-likeness (QED) is 0.664. The third-order valence-corrected chi connectivity index (χ3v) is 4.14. The van der Waals surface area contributed by atoms with Gasteiger partial charge in [0.05, 0.1) is 10.2 Å². The molecule has 118 valence electrons. The van der Waals surface area contributed by atoms with Crippen molar-refractivity contribution in [3.8, 4) is 5.75 Å². The number of carbonyl (C=O) groups excluding carboxylic acids is 1. The zero-order valence-electron chi connectivity index (χ0n) is 12.4. The predicted molar refractivity (Wildman–Crippen MR) is 85.9 cm³/mol. The van der Waals surface area contributed by atoms with Crippen LogP contribution in [0.15, 0.2) is 48.5 Å². The van der Waals surface area contributed by atoms with Crippen molar-refractivity contribution < 1.29 is 18.7 Å². The summed E-state index contributed by atoms with van der Waals surface area (Å²) in [7, 11) is 0. The van der Waals surface area contributed by atoms with Gasteiger partial charge in [-0.15, -0.1) is 11.3 Å². The first-order valence-corrected chi connectivity index (χ1v) is 7.87. The number of hydrogen-bond acceptors (Lipinski definition) is 5. The molecule has 0 spiro atoms. The van der Waals surface area contributed by atoms with Gasteiger partial charge in [0.25, 0.3) is 0 Å². The molecule has 0 N–H and O–H groups in total. The van der Waals surface area contributed by atoms with Gasteiger partial charge in [-0.2, -0.15) is 0 Å². The molecule has 1 heterocycles. The SMILES string of the molecule is C[C@H](Oc1ccc(F)cc1)C(=O)OCc1nc2ccccc2s1. The number of esters is 1. The fourth-order valence-electron chi connectivity index (χ4n) is 2.00. The Morgan fingerprint density at radius 2 is 1.96 bits per heavy atom. The van der Waals surface area contributed by atoms with E-state index in [1.54, 1.807) is 6.92 Å². The molecule has 0 aliphatic carbocycles. The van der Waals surface area contributed by atoms with Crippen molar-refractivity contribution in [1.82, 2.24) is 4.98 Å². The van der Waals surface area contributed by atoms with Crippen LogP contribution in [0, 0.1) is 5.82 Å². The lowest BCUT2D eigenvalue weighted by Gasteiger charge is -2.13. The number of thiazole rings is 1. The van der Waals surface area contributed by atoms with Crippen LogP contribution in [0.4, 0.5) is 4.39 Å². The molecule has 0 radical (unpaired) electrons. The molecule has 3 rings (SSSR count). The summed E-state index contributed by atoms with van der Waals surface area (Å²) in [5.41, 5.74) is 0.888. The minimum Gasteiger partial charge on any atom is -0.479 e. The maximum atomic E-state index is 12.8. The monoisotopic (exact) mass is 331 g/mol. The molecule has 0 unspecified atom stereocenters. The van der Waals surface area contributed by atoms with Gasteiger partial charge in [-0.25, -0.2) is 14.2 Å². The fourth-order valence-corrected chi connectivity index (χ4v) is 2.88. The van der Waals surface area contributed by atoms with Crippen LogP contribution in [-0.4, -0.2) is 17.1 Å². The van der Waals surface area contributed by atoms with E-state index in [0.717, 1.165) is 15.2 Å². The highest BCUT2D eigenvalue weighted by Gasteiger charge is 2.17. The van der Waals surface area contributed by atoms with Crippen LogP contribution in [0.1, 0.15) is 11.9 Å². The molecule has 0 amide bonds. The number of rotatable bonds is 5. The number of carbonyl (C=O) groups is 1. The standard InChI is InChI=1S/C17H14FNO3S/c1-11(22-13-8-6-12(18)7-9-13)17(20)21-10-16-19-14-4-2-3-5-15(14)23-16/h2-9,11H,10H2,1H3/t11-/m0/s1. The zero-order valence-corrected chi connectivity index (χ0v) is 13.2. The maximum Gasteiger partial charge on any atom is 0.347 e. The second kappa shape index (κ2) is 6.75. The molecule has 0 saturated heterocycles. The number of para-hydroxylation sites is 1. The van der Waals surface area contributed by atoms with Crippen LogP contribution in [0.3, 0.4) is 0 Å². The number of benzene rings is 2. The van der Waals surface area contributed by atoms with Gasteiger partial charge in [0, 0.05) is 0 Å². The van der Waals surface area contributed by atoms with Crippen molar-refractivity contribution in [2.75, 3.05) is 0 Å². The van der Waals surface area contributed by atoms with Gasteiger partial charge in [-0.3, -0.25) is 0 Å². The van der Waals surface area contributed by atoms with Crippen LogP contribution in [-0.2, 0) is 16.1 Å². The van der Waals surface area contributed by atoms with E-state index in [1.165, 1.54) is 35.6 Å². The molecule has 3 aromatic rings. The topological polar surface area (TPSA) is 48.4 Å². The first-order valence-electron chi connectivity index (χ1n) is 7.05. The molecule has 0 aliphatic rings. The van der Waals surface area contributed by atoms with Gasteiger partial charge in [0.2, 0.25) is 0 Å². The van der Waals surface area contributed by atoms with Crippen molar-refractivity contribution in [2.45, 2.75) is 19.6 Å². The molecular formula is C17H14FNO3S. The minimum absolute atomic E-state index is 0.106. The highest BCUT2D eigenvalue weighted by Crippen LogP contribution is 2.22. The van der Waals surface area contributed by atoms with Gasteiger partial charge in [0.15, 0.2) is 6.10 Å². The Balaban J connectivity index is 1.56. The number of aromatic nitrogens is 1. The first kappa shape index (κ1) is 15.4. The number of halogens is 1. The maximum absolute atomic E-state index is 12.8. The summed E-state index contributed by atoms with van der Waals surface area (Å²) in [6, 6.07) is 13.2. The summed E-state index contributed by atoms with van der Waals surface area (Å²) in [4.78, 5) is 16.4. The molecule has 0 saturated carbocycles. The summed E-state index contributed by atoms with van der Waals surface area (Å²) >= 11 is 1.49. The number of ether oxygens (including phenoxy) is 2. The van der Waals surface area contributed by atoms with Gasteiger partial charge in [0.1, 0.15) is 23.2 Å². The van der Waals surface area contributed by atoms with Crippen LogP contribution in [0.5, 0.6) is 5.75 Å².